The van der Waals surface area contributed by atoms with Gasteiger partial charge < -0.3 is 5.32 Å². The molecule has 27 heavy (non-hydrogen) atoms. The molecule has 0 bridgehead atoms. The first-order valence-corrected chi connectivity index (χ1v) is 10.2. The molecule has 1 aliphatic carbocycles. The van der Waals surface area contributed by atoms with Crippen LogP contribution in [0.3, 0.4) is 0 Å². The Morgan fingerprint density at radius 3 is 2.52 bits per heavy atom. The molecule has 9 heteroatoms. The fourth-order valence-electron chi connectivity index (χ4n) is 3.05. The Kier molecular flexibility index (Phi) is 7.05. The summed E-state index contributed by atoms with van der Waals surface area (Å²) in [6.07, 6.45) is 1.43. The second kappa shape index (κ2) is 8.88. The van der Waals surface area contributed by atoms with E-state index in [1.807, 2.05) is 0 Å². The van der Waals surface area contributed by atoms with Crippen molar-refractivity contribution in [3.63, 3.8) is 0 Å². The molecule has 0 atom stereocenters. The third kappa shape index (κ3) is 5.80. The van der Waals surface area contributed by atoms with Crippen molar-refractivity contribution >= 4 is 15.9 Å². The minimum atomic E-state index is -4.66. The fourth-order valence-corrected chi connectivity index (χ4v) is 4.47. The third-order valence-electron chi connectivity index (χ3n) is 4.42. The van der Waals surface area contributed by atoms with Gasteiger partial charge in [-0.05, 0) is 31.0 Å². The summed E-state index contributed by atoms with van der Waals surface area (Å²) < 4.78 is 65.0. The first kappa shape index (κ1) is 21.4. The first-order valence-electron chi connectivity index (χ1n) is 8.72. The molecule has 0 unspecified atom stereocenters. The second-order valence-corrected chi connectivity index (χ2v) is 8.45. The lowest BCUT2D eigenvalue weighted by atomic mass is 9.95. The highest BCUT2D eigenvalue weighted by atomic mass is 32.2. The number of hydrogen-bond donors (Lipinski definition) is 1. The van der Waals surface area contributed by atoms with Crippen molar-refractivity contribution in [3.8, 4) is 0 Å². The monoisotopic (exact) mass is 404 g/mol. The van der Waals surface area contributed by atoms with E-state index in [1.54, 1.807) is 0 Å². The summed E-state index contributed by atoms with van der Waals surface area (Å²) in [6.45, 7) is 2.81. The van der Waals surface area contributed by atoms with E-state index in [4.69, 9.17) is 0 Å². The number of amides is 1. The van der Waals surface area contributed by atoms with Gasteiger partial charge in [-0.2, -0.15) is 17.5 Å². The van der Waals surface area contributed by atoms with Crippen LogP contribution in [0.1, 0.15) is 37.7 Å². The van der Waals surface area contributed by atoms with E-state index in [2.05, 4.69) is 11.9 Å². The van der Waals surface area contributed by atoms with E-state index in [0.717, 1.165) is 54.6 Å². The quantitative estimate of drug-likeness (QED) is 0.709. The summed E-state index contributed by atoms with van der Waals surface area (Å²) >= 11 is 0. The second-order valence-electron chi connectivity index (χ2n) is 6.51. The zero-order valence-electron chi connectivity index (χ0n) is 14.8. The number of benzene rings is 1. The predicted octanol–water partition coefficient (Wildman–Crippen LogP) is 3.33. The minimum Gasteiger partial charge on any atom is -0.352 e. The van der Waals surface area contributed by atoms with E-state index in [-0.39, 0.29) is 12.6 Å². The standard InChI is InChI=1S/C18H23F3N2O3S/c1-2-11-23(13-17(24)22-15-8-4-3-5-9-15)27(25,26)16-10-6-7-14(12-16)18(19,20)21/h2,6-7,10,12,15H,1,3-5,8-9,11,13H2,(H,22,24). The van der Waals surface area contributed by atoms with E-state index < -0.39 is 39.1 Å². The molecule has 0 radical (unpaired) electrons. The van der Waals surface area contributed by atoms with Crippen molar-refractivity contribution < 1.29 is 26.4 Å². The highest BCUT2D eigenvalue weighted by molar-refractivity contribution is 7.89. The largest absolute Gasteiger partial charge is 0.416 e. The molecule has 150 valence electrons. The molecule has 2 rings (SSSR count). The Balaban J connectivity index is 2.18. The smallest absolute Gasteiger partial charge is 0.352 e. The van der Waals surface area contributed by atoms with Crippen molar-refractivity contribution in [2.75, 3.05) is 13.1 Å². The van der Waals surface area contributed by atoms with Gasteiger partial charge in [0.25, 0.3) is 0 Å². The highest BCUT2D eigenvalue weighted by Crippen LogP contribution is 2.31. The zero-order valence-corrected chi connectivity index (χ0v) is 15.7. The third-order valence-corrected chi connectivity index (χ3v) is 6.23. The topological polar surface area (TPSA) is 66.5 Å². The van der Waals surface area contributed by atoms with Gasteiger partial charge in [0.2, 0.25) is 15.9 Å². The van der Waals surface area contributed by atoms with Crippen LogP contribution >= 0.6 is 0 Å². The summed E-state index contributed by atoms with van der Waals surface area (Å²) in [6, 6.07) is 3.49. The predicted molar refractivity (Wildman–Crippen MR) is 95.4 cm³/mol. The van der Waals surface area contributed by atoms with E-state index >= 15 is 0 Å². The van der Waals surface area contributed by atoms with Crippen molar-refractivity contribution in [2.24, 2.45) is 0 Å². The molecular weight excluding hydrogens is 381 g/mol. The summed E-state index contributed by atoms with van der Waals surface area (Å²) in [5, 5.41) is 2.81. The molecule has 1 aliphatic rings. The first-order chi connectivity index (χ1) is 12.6. The van der Waals surface area contributed by atoms with Gasteiger partial charge in [0, 0.05) is 12.6 Å². The molecule has 5 nitrogen and oxygen atoms in total. The van der Waals surface area contributed by atoms with Crippen LogP contribution in [-0.4, -0.2) is 37.8 Å². The van der Waals surface area contributed by atoms with Crippen LogP contribution < -0.4 is 5.32 Å². The molecule has 0 saturated heterocycles. The average Bonchev–Trinajstić information content (AvgIpc) is 2.61. The molecule has 1 N–H and O–H groups in total. The number of carbonyl (C=O) groups excluding carboxylic acids is 1. The van der Waals surface area contributed by atoms with E-state index in [9.17, 15) is 26.4 Å². The van der Waals surface area contributed by atoms with Crippen molar-refractivity contribution in [1.82, 2.24) is 9.62 Å². The molecule has 1 fully saturated rings. The fraction of sp³-hybridized carbons (Fsp3) is 0.500. The minimum absolute atomic E-state index is 0.00749. The van der Waals surface area contributed by atoms with Crippen LogP contribution in [0.4, 0.5) is 13.2 Å². The Hall–Kier alpha value is -1.87. The maximum absolute atomic E-state index is 12.9. The Labute approximate surface area is 157 Å². The molecule has 0 spiro atoms. The summed E-state index contributed by atoms with van der Waals surface area (Å²) in [4.78, 5) is 11.8. The zero-order chi connectivity index (χ0) is 20.1. The number of carbonyl (C=O) groups is 1. The van der Waals surface area contributed by atoms with Gasteiger partial charge >= 0.3 is 6.18 Å². The number of rotatable bonds is 7. The van der Waals surface area contributed by atoms with Crippen LogP contribution in [0.5, 0.6) is 0 Å². The molecule has 1 saturated carbocycles. The maximum Gasteiger partial charge on any atom is 0.416 e. The number of nitrogens with one attached hydrogen (secondary N) is 1. The Morgan fingerprint density at radius 1 is 1.26 bits per heavy atom. The van der Waals surface area contributed by atoms with Gasteiger partial charge in [0.15, 0.2) is 0 Å². The van der Waals surface area contributed by atoms with Crippen molar-refractivity contribution in [2.45, 2.75) is 49.2 Å². The summed E-state index contributed by atoms with van der Waals surface area (Å²) in [7, 11) is -4.28. The highest BCUT2D eigenvalue weighted by Gasteiger charge is 2.33. The number of sulfonamides is 1. The lowest BCUT2D eigenvalue weighted by Gasteiger charge is -2.25. The van der Waals surface area contributed by atoms with Gasteiger partial charge in [0.1, 0.15) is 0 Å². The number of hydrogen-bond acceptors (Lipinski definition) is 3. The molecule has 1 aromatic carbocycles. The summed E-state index contributed by atoms with van der Waals surface area (Å²) in [5.74, 6) is -0.473. The van der Waals surface area contributed by atoms with Crippen LogP contribution in [0.15, 0.2) is 41.8 Å². The maximum atomic E-state index is 12.9. The van der Waals surface area contributed by atoms with Gasteiger partial charge in [-0.1, -0.05) is 31.4 Å². The van der Waals surface area contributed by atoms with Gasteiger partial charge in [-0.15, -0.1) is 6.58 Å². The van der Waals surface area contributed by atoms with Crippen LogP contribution in [0.25, 0.3) is 0 Å². The van der Waals surface area contributed by atoms with Crippen molar-refractivity contribution in [3.05, 3.63) is 42.5 Å². The molecule has 1 aromatic rings. The van der Waals surface area contributed by atoms with Gasteiger partial charge in [-0.3, -0.25) is 4.79 Å². The number of alkyl halides is 3. The van der Waals surface area contributed by atoms with Crippen LogP contribution in [0.2, 0.25) is 0 Å². The van der Waals surface area contributed by atoms with Crippen molar-refractivity contribution in [1.29, 1.82) is 0 Å². The van der Waals surface area contributed by atoms with E-state index in [0.29, 0.717) is 6.07 Å². The Bertz CT molecular complexity index is 772. The average molecular weight is 404 g/mol. The Morgan fingerprint density at radius 2 is 1.93 bits per heavy atom. The molecule has 0 heterocycles. The SMILES string of the molecule is C=CCN(CC(=O)NC1CCCCC1)S(=O)(=O)c1cccc(C(F)(F)F)c1. The molecular formula is C18H23F3N2O3S. The lowest BCUT2D eigenvalue weighted by Crippen LogP contribution is -2.44. The van der Waals surface area contributed by atoms with Gasteiger partial charge in [-0.25, -0.2) is 8.42 Å². The van der Waals surface area contributed by atoms with Gasteiger partial charge in [0.05, 0.1) is 17.0 Å². The van der Waals surface area contributed by atoms with Crippen LogP contribution in [-0.2, 0) is 21.0 Å². The molecule has 0 aliphatic heterocycles. The molecule has 0 aromatic heterocycles. The normalized spacial score (nSPS) is 16.3. The van der Waals surface area contributed by atoms with E-state index in [1.165, 1.54) is 6.08 Å². The summed E-state index contributed by atoms with van der Waals surface area (Å²) in [5.41, 5.74) is -1.06. The number of halogens is 3. The van der Waals surface area contributed by atoms with Crippen LogP contribution in [0, 0.1) is 0 Å². The number of nitrogens with zero attached hydrogens (tertiary/aromatic N) is 1. The molecule has 1 amide bonds. The lowest BCUT2D eigenvalue weighted by molar-refractivity contribution is -0.137.